The van der Waals surface area contributed by atoms with Gasteiger partial charge in [-0.05, 0) is 26.2 Å². The standard InChI is InChI=1S/C10H21O3P/c1-3-4-8-13-14(12)9-6-5-7-10(2)11/h12H,3-9H2,1-2H3. The first-order valence-corrected chi connectivity index (χ1v) is 6.65. The number of rotatable bonds is 9. The van der Waals surface area contributed by atoms with E-state index in [1.54, 1.807) is 6.92 Å². The lowest BCUT2D eigenvalue weighted by atomic mass is 10.2. The van der Waals surface area contributed by atoms with Crippen molar-refractivity contribution in [1.82, 2.24) is 0 Å². The van der Waals surface area contributed by atoms with Gasteiger partial charge < -0.3 is 14.2 Å². The molecule has 0 aromatic carbocycles. The van der Waals surface area contributed by atoms with E-state index >= 15 is 0 Å². The van der Waals surface area contributed by atoms with Crippen LogP contribution in [0.25, 0.3) is 0 Å². The summed E-state index contributed by atoms with van der Waals surface area (Å²) >= 11 is 0. The molecule has 1 atom stereocenters. The molecule has 0 aliphatic rings. The van der Waals surface area contributed by atoms with Crippen molar-refractivity contribution in [2.45, 2.75) is 46.0 Å². The Kier molecular flexibility index (Phi) is 9.58. The van der Waals surface area contributed by atoms with Crippen LogP contribution in [0.2, 0.25) is 0 Å². The predicted octanol–water partition coefficient (Wildman–Crippen LogP) is 2.87. The smallest absolute Gasteiger partial charge is 0.167 e. The molecule has 0 aromatic rings. The van der Waals surface area contributed by atoms with E-state index in [-0.39, 0.29) is 5.78 Å². The molecule has 0 rings (SSSR count). The van der Waals surface area contributed by atoms with E-state index in [1.807, 2.05) is 0 Å². The van der Waals surface area contributed by atoms with Gasteiger partial charge in [-0.1, -0.05) is 13.3 Å². The van der Waals surface area contributed by atoms with Crippen molar-refractivity contribution >= 4 is 14.2 Å². The summed E-state index contributed by atoms with van der Waals surface area (Å²) in [5.41, 5.74) is 0. The van der Waals surface area contributed by atoms with E-state index in [0.29, 0.717) is 19.2 Å². The van der Waals surface area contributed by atoms with Crippen LogP contribution in [-0.2, 0) is 9.32 Å². The van der Waals surface area contributed by atoms with Crippen molar-refractivity contribution in [2.75, 3.05) is 12.8 Å². The Morgan fingerprint density at radius 3 is 2.64 bits per heavy atom. The van der Waals surface area contributed by atoms with Crippen LogP contribution in [0.4, 0.5) is 0 Å². The summed E-state index contributed by atoms with van der Waals surface area (Å²) < 4.78 is 5.22. The van der Waals surface area contributed by atoms with Crippen molar-refractivity contribution in [1.29, 1.82) is 0 Å². The van der Waals surface area contributed by atoms with Gasteiger partial charge in [-0.15, -0.1) is 0 Å². The van der Waals surface area contributed by atoms with Crippen LogP contribution in [0.5, 0.6) is 0 Å². The maximum Gasteiger partial charge on any atom is 0.167 e. The molecule has 14 heavy (non-hydrogen) atoms. The summed E-state index contributed by atoms with van der Waals surface area (Å²) in [7, 11) is -1.23. The molecular formula is C10H21O3P. The minimum atomic E-state index is -1.23. The Morgan fingerprint density at radius 2 is 2.07 bits per heavy atom. The van der Waals surface area contributed by atoms with E-state index in [2.05, 4.69) is 6.92 Å². The Labute approximate surface area is 87.8 Å². The summed E-state index contributed by atoms with van der Waals surface area (Å²) in [6, 6.07) is 0. The topological polar surface area (TPSA) is 46.5 Å². The van der Waals surface area contributed by atoms with Gasteiger partial charge in [-0.2, -0.15) is 0 Å². The third-order valence-corrected chi connectivity index (χ3v) is 3.05. The Bertz CT molecular complexity index is 150. The van der Waals surface area contributed by atoms with Gasteiger partial charge in [0.2, 0.25) is 0 Å². The highest BCUT2D eigenvalue weighted by molar-refractivity contribution is 7.46. The highest BCUT2D eigenvalue weighted by atomic mass is 31.2. The molecule has 0 bridgehead atoms. The summed E-state index contributed by atoms with van der Waals surface area (Å²) in [6.45, 7) is 4.35. The summed E-state index contributed by atoms with van der Waals surface area (Å²) in [5, 5.41) is 0. The van der Waals surface area contributed by atoms with Crippen molar-refractivity contribution in [3.63, 3.8) is 0 Å². The average Bonchev–Trinajstić information content (AvgIpc) is 2.13. The molecule has 0 aliphatic heterocycles. The maximum atomic E-state index is 10.6. The van der Waals surface area contributed by atoms with E-state index < -0.39 is 8.38 Å². The van der Waals surface area contributed by atoms with Gasteiger partial charge in [0.25, 0.3) is 0 Å². The zero-order valence-corrected chi connectivity index (χ0v) is 10.1. The molecule has 0 fully saturated rings. The first-order chi connectivity index (χ1) is 6.66. The number of unbranched alkanes of at least 4 members (excludes halogenated alkanes) is 2. The fourth-order valence-corrected chi connectivity index (χ4v) is 1.96. The highest BCUT2D eigenvalue weighted by Gasteiger charge is 2.04. The lowest BCUT2D eigenvalue weighted by Crippen LogP contribution is -1.94. The van der Waals surface area contributed by atoms with Crippen molar-refractivity contribution in [3.8, 4) is 0 Å². The normalized spacial score (nSPS) is 12.8. The molecule has 84 valence electrons. The number of carbonyl (C=O) groups excluding carboxylic acids is 1. The van der Waals surface area contributed by atoms with E-state index in [4.69, 9.17) is 4.52 Å². The quantitative estimate of drug-likeness (QED) is 0.480. The highest BCUT2D eigenvalue weighted by Crippen LogP contribution is 2.32. The molecule has 0 heterocycles. The van der Waals surface area contributed by atoms with E-state index in [9.17, 15) is 9.69 Å². The second kappa shape index (κ2) is 9.57. The van der Waals surface area contributed by atoms with Gasteiger partial charge in [0.15, 0.2) is 8.38 Å². The summed E-state index contributed by atoms with van der Waals surface area (Å²) in [4.78, 5) is 20.0. The van der Waals surface area contributed by atoms with Crippen LogP contribution in [0, 0.1) is 0 Å². The fourth-order valence-electron chi connectivity index (χ4n) is 1.000. The molecule has 4 heteroatoms. The predicted molar refractivity (Wildman–Crippen MR) is 59.4 cm³/mol. The van der Waals surface area contributed by atoms with Crippen LogP contribution in [0.3, 0.4) is 0 Å². The van der Waals surface area contributed by atoms with Gasteiger partial charge in [0.05, 0.1) is 6.61 Å². The molecule has 0 saturated heterocycles. The number of hydrogen-bond acceptors (Lipinski definition) is 3. The molecule has 1 unspecified atom stereocenters. The van der Waals surface area contributed by atoms with Gasteiger partial charge in [0.1, 0.15) is 5.78 Å². The zero-order chi connectivity index (χ0) is 10.8. The van der Waals surface area contributed by atoms with Crippen molar-refractivity contribution < 1.29 is 14.2 Å². The Morgan fingerprint density at radius 1 is 1.36 bits per heavy atom. The average molecular weight is 220 g/mol. The number of Topliss-reactive ketones (excluding diaryl/α,β-unsaturated/α-hetero) is 1. The monoisotopic (exact) mass is 220 g/mol. The first-order valence-electron chi connectivity index (χ1n) is 5.25. The van der Waals surface area contributed by atoms with Crippen LogP contribution < -0.4 is 0 Å². The van der Waals surface area contributed by atoms with E-state index in [1.165, 1.54) is 0 Å². The van der Waals surface area contributed by atoms with Gasteiger partial charge >= 0.3 is 0 Å². The SMILES string of the molecule is CCCCOP(O)CCCCC(C)=O. The molecule has 0 aliphatic carbocycles. The van der Waals surface area contributed by atoms with Crippen LogP contribution >= 0.6 is 8.38 Å². The largest absolute Gasteiger partial charge is 0.350 e. The summed E-state index contributed by atoms with van der Waals surface area (Å²) in [6.07, 6.45) is 5.17. The maximum absolute atomic E-state index is 10.6. The second-order valence-corrected chi connectivity index (χ2v) is 4.83. The number of carbonyl (C=O) groups is 1. The third kappa shape index (κ3) is 10.1. The molecule has 0 radical (unpaired) electrons. The van der Waals surface area contributed by atoms with Crippen LogP contribution in [-0.4, -0.2) is 23.4 Å². The van der Waals surface area contributed by atoms with Crippen LogP contribution in [0.15, 0.2) is 0 Å². The zero-order valence-electron chi connectivity index (χ0n) is 9.16. The lowest BCUT2D eigenvalue weighted by molar-refractivity contribution is -0.117. The van der Waals surface area contributed by atoms with Crippen molar-refractivity contribution in [3.05, 3.63) is 0 Å². The van der Waals surface area contributed by atoms with Gasteiger partial charge in [-0.3, -0.25) is 0 Å². The van der Waals surface area contributed by atoms with Gasteiger partial charge in [-0.25, -0.2) is 0 Å². The molecule has 0 spiro atoms. The number of ketones is 1. The fraction of sp³-hybridized carbons (Fsp3) is 0.900. The minimum absolute atomic E-state index is 0.221. The number of hydrogen-bond donors (Lipinski definition) is 1. The molecule has 0 amide bonds. The molecule has 0 saturated carbocycles. The molecule has 0 aromatic heterocycles. The van der Waals surface area contributed by atoms with Gasteiger partial charge in [0, 0.05) is 12.6 Å². The lowest BCUT2D eigenvalue weighted by Gasteiger charge is -2.09. The summed E-state index contributed by atoms with van der Waals surface area (Å²) in [5.74, 6) is 0.221. The Hall–Kier alpha value is 0.0200. The molecular weight excluding hydrogens is 199 g/mol. The molecule has 3 nitrogen and oxygen atoms in total. The first kappa shape index (κ1) is 14.0. The molecule has 1 N–H and O–H groups in total. The van der Waals surface area contributed by atoms with Crippen molar-refractivity contribution in [2.24, 2.45) is 0 Å². The van der Waals surface area contributed by atoms with Crippen LogP contribution in [0.1, 0.15) is 46.0 Å². The third-order valence-electron chi connectivity index (χ3n) is 1.87. The Balaban J connectivity index is 3.18. The second-order valence-electron chi connectivity index (χ2n) is 3.42. The van der Waals surface area contributed by atoms with E-state index in [0.717, 1.165) is 25.7 Å². The minimum Gasteiger partial charge on any atom is -0.350 e.